The Balaban J connectivity index is 3.24. The van der Waals surface area contributed by atoms with Crippen LogP contribution in [0.3, 0.4) is 0 Å². The number of allylic oxidation sites excluding steroid dienone is 1. The smallest absolute Gasteiger partial charge is 0.0904 e. The number of rotatable bonds is 7. The summed E-state index contributed by atoms with van der Waals surface area (Å²) in [6.45, 7) is 6.04. The Morgan fingerprint density at radius 3 is 2.58 bits per heavy atom. The molecule has 0 rings (SSSR count). The zero-order chi connectivity index (χ0) is 9.23. The third kappa shape index (κ3) is 6.00. The molecule has 0 aromatic heterocycles. The van der Waals surface area contributed by atoms with E-state index in [4.69, 9.17) is 15.0 Å². The van der Waals surface area contributed by atoms with Crippen molar-refractivity contribution in [2.75, 3.05) is 26.4 Å². The number of ether oxygens (including phenoxy) is 2. The lowest BCUT2D eigenvalue weighted by molar-refractivity contribution is 0.0615. The standard InChI is InChI=1S/C8H16N2O2/c1-3-8(10-9)7-12-6-5-11-4-2/h3,9H,4-7H2,1-2H3/b8-3-,10-9?. The average Bonchev–Trinajstić information content (AvgIpc) is 2.11. The summed E-state index contributed by atoms with van der Waals surface area (Å²) in [5, 5.41) is 3.27. The van der Waals surface area contributed by atoms with Gasteiger partial charge in [0.05, 0.1) is 25.5 Å². The Labute approximate surface area is 73.1 Å². The molecule has 0 radical (unpaired) electrons. The minimum atomic E-state index is 0.396. The van der Waals surface area contributed by atoms with Crippen molar-refractivity contribution in [3.8, 4) is 0 Å². The number of nitrogens with one attached hydrogen (secondary N) is 1. The zero-order valence-electron chi connectivity index (χ0n) is 7.67. The third-order valence-corrected chi connectivity index (χ3v) is 1.30. The largest absolute Gasteiger partial charge is 0.379 e. The number of hydrogen-bond acceptors (Lipinski definition) is 4. The molecular weight excluding hydrogens is 156 g/mol. The van der Waals surface area contributed by atoms with Gasteiger partial charge in [-0.25, -0.2) is 5.53 Å². The Hall–Kier alpha value is -0.740. The van der Waals surface area contributed by atoms with Gasteiger partial charge in [-0.05, 0) is 13.8 Å². The second-order valence-electron chi connectivity index (χ2n) is 2.14. The molecule has 0 aromatic carbocycles. The van der Waals surface area contributed by atoms with E-state index in [0.717, 1.165) is 0 Å². The monoisotopic (exact) mass is 172 g/mol. The van der Waals surface area contributed by atoms with Crippen LogP contribution in [-0.4, -0.2) is 26.4 Å². The lowest BCUT2D eigenvalue weighted by atomic mass is 10.4. The molecular formula is C8H16N2O2. The number of hydrogen-bond donors (Lipinski definition) is 1. The van der Waals surface area contributed by atoms with Crippen LogP contribution in [0.25, 0.3) is 0 Å². The van der Waals surface area contributed by atoms with Crippen LogP contribution >= 0.6 is 0 Å². The van der Waals surface area contributed by atoms with Crippen molar-refractivity contribution in [2.45, 2.75) is 13.8 Å². The Kier molecular flexibility index (Phi) is 7.84. The maximum Gasteiger partial charge on any atom is 0.0904 e. The molecule has 0 spiro atoms. The van der Waals surface area contributed by atoms with E-state index in [9.17, 15) is 0 Å². The molecule has 0 amide bonds. The SMILES string of the molecule is C/C=C(/COCCOCC)N=N. The molecule has 0 saturated heterocycles. The molecule has 0 aliphatic rings. The Bertz CT molecular complexity index is 146. The van der Waals surface area contributed by atoms with E-state index in [1.165, 1.54) is 0 Å². The second-order valence-corrected chi connectivity index (χ2v) is 2.14. The molecule has 0 saturated carbocycles. The topological polar surface area (TPSA) is 54.7 Å². The first kappa shape index (κ1) is 11.3. The van der Waals surface area contributed by atoms with Crippen LogP contribution < -0.4 is 0 Å². The maximum absolute atomic E-state index is 6.72. The summed E-state index contributed by atoms with van der Waals surface area (Å²) < 4.78 is 10.2. The lowest BCUT2D eigenvalue weighted by Gasteiger charge is -2.02. The van der Waals surface area contributed by atoms with Crippen molar-refractivity contribution in [1.29, 1.82) is 5.53 Å². The molecule has 1 N–H and O–H groups in total. The molecule has 0 bridgehead atoms. The predicted octanol–water partition coefficient (Wildman–Crippen LogP) is 1.97. The highest BCUT2D eigenvalue weighted by Gasteiger charge is 1.92. The van der Waals surface area contributed by atoms with E-state index in [1.54, 1.807) is 6.08 Å². The summed E-state index contributed by atoms with van der Waals surface area (Å²) in [6, 6.07) is 0. The molecule has 4 nitrogen and oxygen atoms in total. The van der Waals surface area contributed by atoms with E-state index >= 15 is 0 Å². The molecule has 0 aromatic rings. The normalized spacial score (nSPS) is 11.7. The fraction of sp³-hybridized carbons (Fsp3) is 0.750. The number of nitrogens with zero attached hydrogens (tertiary/aromatic N) is 1. The van der Waals surface area contributed by atoms with Crippen LogP contribution in [0.5, 0.6) is 0 Å². The first-order valence-electron chi connectivity index (χ1n) is 4.03. The molecule has 4 heteroatoms. The van der Waals surface area contributed by atoms with Gasteiger partial charge in [-0.1, -0.05) is 6.08 Å². The van der Waals surface area contributed by atoms with Gasteiger partial charge >= 0.3 is 0 Å². The Morgan fingerprint density at radius 1 is 1.42 bits per heavy atom. The van der Waals surface area contributed by atoms with Crippen molar-refractivity contribution in [2.24, 2.45) is 5.11 Å². The van der Waals surface area contributed by atoms with Gasteiger partial charge in [-0.15, -0.1) is 0 Å². The van der Waals surface area contributed by atoms with Crippen molar-refractivity contribution < 1.29 is 9.47 Å². The quantitative estimate of drug-likeness (QED) is 0.471. The summed E-state index contributed by atoms with van der Waals surface area (Å²) in [5.41, 5.74) is 7.37. The van der Waals surface area contributed by atoms with E-state index in [0.29, 0.717) is 32.1 Å². The fourth-order valence-corrected chi connectivity index (χ4v) is 0.619. The van der Waals surface area contributed by atoms with Crippen molar-refractivity contribution in [3.05, 3.63) is 11.8 Å². The van der Waals surface area contributed by atoms with Crippen LogP contribution in [0.2, 0.25) is 0 Å². The lowest BCUT2D eigenvalue weighted by Crippen LogP contribution is -2.05. The van der Waals surface area contributed by atoms with Crippen LogP contribution in [0.4, 0.5) is 0 Å². The maximum atomic E-state index is 6.72. The van der Waals surface area contributed by atoms with Crippen LogP contribution in [0.15, 0.2) is 16.9 Å². The molecule has 0 aliphatic heterocycles. The molecule has 0 heterocycles. The molecule has 12 heavy (non-hydrogen) atoms. The molecule has 0 fully saturated rings. The highest BCUT2D eigenvalue weighted by molar-refractivity contribution is 4.95. The first-order chi connectivity index (χ1) is 5.85. The van der Waals surface area contributed by atoms with Gasteiger partial charge in [0.1, 0.15) is 0 Å². The summed E-state index contributed by atoms with van der Waals surface area (Å²) in [5.74, 6) is 0. The van der Waals surface area contributed by atoms with Crippen LogP contribution in [0, 0.1) is 5.53 Å². The molecule has 0 atom stereocenters. The van der Waals surface area contributed by atoms with Crippen molar-refractivity contribution in [1.82, 2.24) is 0 Å². The van der Waals surface area contributed by atoms with E-state index < -0.39 is 0 Å². The van der Waals surface area contributed by atoms with Gasteiger partial charge in [-0.2, -0.15) is 5.11 Å². The van der Waals surface area contributed by atoms with Gasteiger partial charge in [0, 0.05) is 6.61 Å². The predicted molar refractivity (Wildman–Crippen MR) is 46.2 cm³/mol. The minimum absolute atomic E-state index is 0.396. The third-order valence-electron chi connectivity index (χ3n) is 1.30. The summed E-state index contributed by atoms with van der Waals surface area (Å²) in [4.78, 5) is 0. The minimum Gasteiger partial charge on any atom is -0.379 e. The zero-order valence-corrected chi connectivity index (χ0v) is 7.67. The second kappa shape index (κ2) is 8.36. The van der Waals surface area contributed by atoms with Gasteiger partial charge in [0.2, 0.25) is 0 Å². The molecule has 0 aliphatic carbocycles. The van der Waals surface area contributed by atoms with E-state index in [2.05, 4.69) is 5.11 Å². The highest BCUT2D eigenvalue weighted by atomic mass is 16.5. The summed E-state index contributed by atoms with van der Waals surface area (Å²) in [7, 11) is 0. The van der Waals surface area contributed by atoms with Crippen molar-refractivity contribution >= 4 is 0 Å². The highest BCUT2D eigenvalue weighted by Crippen LogP contribution is 1.95. The van der Waals surface area contributed by atoms with Crippen LogP contribution in [-0.2, 0) is 9.47 Å². The van der Waals surface area contributed by atoms with Gasteiger partial charge < -0.3 is 9.47 Å². The summed E-state index contributed by atoms with van der Waals surface area (Å²) in [6.07, 6.45) is 1.76. The van der Waals surface area contributed by atoms with Crippen molar-refractivity contribution in [3.63, 3.8) is 0 Å². The fourth-order valence-electron chi connectivity index (χ4n) is 0.619. The van der Waals surface area contributed by atoms with E-state index in [1.807, 2.05) is 13.8 Å². The first-order valence-corrected chi connectivity index (χ1v) is 4.03. The Morgan fingerprint density at radius 2 is 2.08 bits per heavy atom. The van der Waals surface area contributed by atoms with Gasteiger partial charge in [0.15, 0.2) is 0 Å². The van der Waals surface area contributed by atoms with Gasteiger partial charge in [-0.3, -0.25) is 0 Å². The summed E-state index contributed by atoms with van der Waals surface area (Å²) >= 11 is 0. The van der Waals surface area contributed by atoms with Gasteiger partial charge in [0.25, 0.3) is 0 Å². The molecule has 0 unspecified atom stereocenters. The average molecular weight is 172 g/mol. The molecule has 70 valence electrons. The van der Waals surface area contributed by atoms with E-state index in [-0.39, 0.29) is 0 Å². The van der Waals surface area contributed by atoms with Crippen LogP contribution in [0.1, 0.15) is 13.8 Å².